The highest BCUT2D eigenvalue weighted by Gasteiger charge is 2.36. The van der Waals surface area contributed by atoms with E-state index in [1.165, 1.54) is 36.4 Å². The summed E-state index contributed by atoms with van der Waals surface area (Å²) in [5.41, 5.74) is 0.772. The molecule has 4 rings (SSSR count). The maximum absolute atomic E-state index is 13.9. The number of carbonyl (C=O) groups excluding carboxylic acids is 4. The summed E-state index contributed by atoms with van der Waals surface area (Å²) in [5.74, 6) is -2.99. The van der Waals surface area contributed by atoms with E-state index in [4.69, 9.17) is 32.7 Å². The molecule has 40 heavy (non-hydrogen) atoms. The molecule has 3 aromatic rings. The van der Waals surface area contributed by atoms with Crippen molar-refractivity contribution in [3.63, 3.8) is 0 Å². The highest BCUT2D eigenvalue weighted by Crippen LogP contribution is 2.33. The largest absolute Gasteiger partial charge is 0.462 e. The maximum atomic E-state index is 13.9. The summed E-state index contributed by atoms with van der Waals surface area (Å²) in [6, 6.07) is 10.5. The molecule has 0 bridgehead atoms. The van der Waals surface area contributed by atoms with Crippen LogP contribution in [0.5, 0.6) is 11.6 Å². The van der Waals surface area contributed by atoms with E-state index < -0.39 is 35.4 Å². The average molecular weight is 605 g/mol. The van der Waals surface area contributed by atoms with Gasteiger partial charge in [0, 0.05) is 5.69 Å². The second-order valence-corrected chi connectivity index (χ2v) is 9.85. The predicted molar refractivity (Wildman–Crippen MR) is 147 cm³/mol. The first-order valence-electron chi connectivity index (χ1n) is 11.6. The molecule has 1 fully saturated rings. The fourth-order valence-corrected chi connectivity index (χ4v) is 4.50. The number of rotatable bonds is 9. The molecule has 0 aliphatic carbocycles. The molecule has 1 N–H and O–H groups in total. The number of imide groups is 1. The molecular weight excluding hydrogens is 586 g/mol. The van der Waals surface area contributed by atoms with Crippen molar-refractivity contribution in [2.45, 2.75) is 13.3 Å². The Morgan fingerprint density at radius 1 is 1.18 bits per heavy atom. The molecular formula is C26H19Cl2FN4O6S. The normalized spacial score (nSPS) is 14.0. The molecule has 0 radical (unpaired) electrons. The van der Waals surface area contributed by atoms with Crippen molar-refractivity contribution in [2.24, 2.45) is 0 Å². The summed E-state index contributed by atoms with van der Waals surface area (Å²) < 4.78 is 24.4. The van der Waals surface area contributed by atoms with Crippen LogP contribution >= 0.6 is 35.0 Å². The quantitative estimate of drug-likeness (QED) is 0.179. The Kier molecular flexibility index (Phi) is 9.35. The van der Waals surface area contributed by atoms with Gasteiger partial charge in [0.1, 0.15) is 12.3 Å². The number of esters is 1. The van der Waals surface area contributed by atoms with Gasteiger partial charge in [-0.05, 0) is 71.8 Å². The first-order valence-corrected chi connectivity index (χ1v) is 13.2. The van der Waals surface area contributed by atoms with Gasteiger partial charge in [0.05, 0.1) is 28.3 Å². The molecule has 0 saturated carbocycles. The lowest BCUT2D eigenvalue weighted by Gasteiger charge is -2.13. The van der Waals surface area contributed by atoms with E-state index >= 15 is 0 Å². The number of amides is 3. The molecule has 0 atom stereocenters. The van der Waals surface area contributed by atoms with E-state index in [0.717, 1.165) is 11.1 Å². The molecule has 1 saturated heterocycles. The Labute approximate surface area is 241 Å². The van der Waals surface area contributed by atoms with Crippen LogP contribution in [-0.4, -0.2) is 51.0 Å². The monoisotopic (exact) mass is 604 g/mol. The van der Waals surface area contributed by atoms with Gasteiger partial charge in [-0.1, -0.05) is 30.7 Å². The average Bonchev–Trinajstić information content (AvgIpc) is 3.17. The molecule has 3 amide bonds. The van der Waals surface area contributed by atoms with E-state index in [0.29, 0.717) is 23.7 Å². The van der Waals surface area contributed by atoms with Gasteiger partial charge in [0.25, 0.3) is 17.0 Å². The Morgan fingerprint density at radius 3 is 2.75 bits per heavy atom. The fourth-order valence-electron chi connectivity index (χ4n) is 3.35. The van der Waals surface area contributed by atoms with Crippen molar-refractivity contribution in [1.82, 2.24) is 14.9 Å². The first-order chi connectivity index (χ1) is 19.1. The minimum absolute atomic E-state index is 0.0682. The van der Waals surface area contributed by atoms with E-state index in [9.17, 15) is 23.6 Å². The Morgan fingerprint density at radius 2 is 1.98 bits per heavy atom. The predicted octanol–water partition coefficient (Wildman–Crippen LogP) is 5.96. The molecule has 1 aromatic heterocycles. The second kappa shape index (κ2) is 12.9. The zero-order chi connectivity index (χ0) is 28.8. The third kappa shape index (κ3) is 7.14. The lowest BCUT2D eigenvalue weighted by molar-refractivity contribution is -0.127. The van der Waals surface area contributed by atoms with Crippen molar-refractivity contribution in [1.29, 1.82) is 0 Å². The van der Waals surface area contributed by atoms with Gasteiger partial charge in [-0.2, -0.15) is 9.37 Å². The van der Waals surface area contributed by atoms with Crippen molar-refractivity contribution in [3.8, 4) is 11.6 Å². The van der Waals surface area contributed by atoms with Crippen molar-refractivity contribution < 1.29 is 33.0 Å². The van der Waals surface area contributed by atoms with Gasteiger partial charge >= 0.3 is 5.97 Å². The number of anilines is 1. The van der Waals surface area contributed by atoms with Crippen LogP contribution in [0, 0.1) is 5.82 Å². The van der Waals surface area contributed by atoms with Crippen LogP contribution < -0.4 is 10.1 Å². The lowest BCUT2D eigenvalue weighted by atomic mass is 10.2. The number of nitrogens with one attached hydrogen (secondary N) is 1. The van der Waals surface area contributed by atoms with Crippen LogP contribution in [0.15, 0.2) is 53.6 Å². The van der Waals surface area contributed by atoms with Crippen LogP contribution in [-0.2, 0) is 14.3 Å². The zero-order valence-electron chi connectivity index (χ0n) is 20.7. The SMILES string of the molecule is CCCOC(=O)c1cc(NC(=O)CN2C(=O)S/C(=C/c3cccc(Oc4nc(Cl)ncc4F)c3)C2=O)ccc1Cl. The molecule has 1 aliphatic heterocycles. The number of thioether (sulfide) groups is 1. The summed E-state index contributed by atoms with van der Waals surface area (Å²) in [5, 5.41) is 1.85. The number of hydrogen-bond acceptors (Lipinski definition) is 9. The van der Waals surface area contributed by atoms with Gasteiger partial charge in [0.15, 0.2) is 0 Å². The number of benzene rings is 2. The number of nitrogens with zero attached hydrogens (tertiary/aromatic N) is 3. The smallest absolute Gasteiger partial charge is 0.339 e. The highest BCUT2D eigenvalue weighted by molar-refractivity contribution is 8.18. The highest BCUT2D eigenvalue weighted by atomic mass is 35.5. The Balaban J connectivity index is 1.43. The number of carbonyl (C=O) groups is 4. The van der Waals surface area contributed by atoms with Crippen LogP contribution in [0.25, 0.3) is 6.08 Å². The maximum Gasteiger partial charge on any atom is 0.339 e. The van der Waals surface area contributed by atoms with E-state index in [1.54, 1.807) is 12.1 Å². The van der Waals surface area contributed by atoms with Crippen molar-refractivity contribution in [3.05, 3.63) is 80.8 Å². The molecule has 1 aliphatic rings. The van der Waals surface area contributed by atoms with Crippen LogP contribution in [0.4, 0.5) is 14.9 Å². The lowest BCUT2D eigenvalue weighted by Crippen LogP contribution is -2.36. The molecule has 14 heteroatoms. The molecule has 2 heterocycles. The molecule has 0 unspecified atom stereocenters. The Hall–Kier alpha value is -4.00. The van der Waals surface area contributed by atoms with Crippen LogP contribution in [0.2, 0.25) is 10.3 Å². The van der Waals surface area contributed by atoms with Crippen molar-refractivity contribution in [2.75, 3.05) is 18.5 Å². The summed E-state index contributed by atoms with van der Waals surface area (Å²) in [7, 11) is 0. The summed E-state index contributed by atoms with van der Waals surface area (Å²) in [4.78, 5) is 58.3. The summed E-state index contributed by atoms with van der Waals surface area (Å²) in [6.07, 6.45) is 2.93. The summed E-state index contributed by atoms with van der Waals surface area (Å²) in [6.45, 7) is 1.50. The third-order valence-electron chi connectivity index (χ3n) is 5.14. The van der Waals surface area contributed by atoms with Gasteiger partial charge in [-0.15, -0.1) is 0 Å². The number of hydrogen-bond donors (Lipinski definition) is 1. The number of ether oxygens (including phenoxy) is 2. The number of aromatic nitrogens is 2. The van der Waals surface area contributed by atoms with Gasteiger partial charge in [-0.3, -0.25) is 19.3 Å². The third-order valence-corrected chi connectivity index (χ3v) is 6.55. The van der Waals surface area contributed by atoms with E-state index in [1.807, 2.05) is 6.92 Å². The standard InChI is InChI=1S/C26H19Cl2FN4O6S/c1-2-8-38-24(36)17-11-15(6-7-18(17)27)31-21(34)13-33-23(35)20(40-26(33)37)10-14-4-3-5-16(9-14)39-22-19(29)12-30-25(28)32-22/h3-7,9-12H,2,8,13H2,1H3,(H,31,34)/b20-10+. The minimum Gasteiger partial charge on any atom is -0.462 e. The topological polar surface area (TPSA) is 128 Å². The molecule has 0 spiro atoms. The molecule has 206 valence electrons. The minimum atomic E-state index is -0.819. The van der Waals surface area contributed by atoms with Gasteiger partial charge in [0.2, 0.25) is 17.0 Å². The van der Waals surface area contributed by atoms with E-state index in [-0.39, 0.29) is 44.7 Å². The first kappa shape index (κ1) is 29.0. The van der Waals surface area contributed by atoms with Crippen LogP contribution in [0.1, 0.15) is 29.3 Å². The Bertz CT molecular complexity index is 1540. The molecule has 10 nitrogen and oxygen atoms in total. The van der Waals surface area contributed by atoms with E-state index in [2.05, 4.69) is 15.3 Å². The van der Waals surface area contributed by atoms with Gasteiger partial charge < -0.3 is 14.8 Å². The molecule has 2 aromatic carbocycles. The fraction of sp³-hybridized carbons (Fsp3) is 0.154. The second-order valence-electron chi connectivity index (χ2n) is 8.11. The number of halogens is 3. The van der Waals surface area contributed by atoms with Crippen molar-refractivity contribution >= 4 is 69.8 Å². The van der Waals surface area contributed by atoms with Gasteiger partial charge in [-0.25, -0.2) is 9.78 Å². The zero-order valence-corrected chi connectivity index (χ0v) is 23.0. The van der Waals surface area contributed by atoms with Crippen LogP contribution in [0.3, 0.4) is 0 Å². The summed E-state index contributed by atoms with van der Waals surface area (Å²) >= 11 is 12.4.